The normalized spacial score (nSPS) is 17.6. The Morgan fingerprint density at radius 3 is 2.84 bits per heavy atom. The lowest BCUT2D eigenvalue weighted by Gasteiger charge is -2.24. The predicted molar refractivity (Wildman–Crippen MR) is 98.1 cm³/mol. The molecule has 2 aromatic rings. The molecule has 0 radical (unpaired) electrons. The zero-order chi connectivity index (χ0) is 18.0. The highest BCUT2D eigenvalue weighted by Gasteiger charge is 2.29. The van der Waals surface area contributed by atoms with E-state index in [4.69, 9.17) is 9.47 Å². The van der Waals surface area contributed by atoms with Crippen LogP contribution in [0.5, 0.6) is 5.75 Å². The first-order valence-corrected chi connectivity index (χ1v) is 8.53. The second kappa shape index (κ2) is 6.78. The van der Waals surface area contributed by atoms with Gasteiger partial charge in [-0.05, 0) is 45.4 Å². The molecule has 1 N–H and O–H groups in total. The molecule has 1 aliphatic heterocycles. The van der Waals surface area contributed by atoms with Crippen molar-refractivity contribution in [2.75, 3.05) is 25.5 Å². The summed E-state index contributed by atoms with van der Waals surface area (Å²) in [6.07, 6.45) is 2.42. The number of likely N-dealkylation sites (tertiary alicyclic amines) is 1. The first-order valence-electron chi connectivity index (χ1n) is 8.53. The van der Waals surface area contributed by atoms with E-state index in [2.05, 4.69) is 10.3 Å². The highest BCUT2D eigenvalue weighted by molar-refractivity contribution is 5.92. The maximum absolute atomic E-state index is 12.2. The van der Waals surface area contributed by atoms with Crippen molar-refractivity contribution in [1.29, 1.82) is 0 Å². The molecule has 2 heterocycles. The molecule has 0 aliphatic carbocycles. The van der Waals surface area contributed by atoms with Crippen LogP contribution in [-0.2, 0) is 4.74 Å². The highest BCUT2D eigenvalue weighted by Crippen LogP contribution is 2.27. The van der Waals surface area contributed by atoms with Crippen molar-refractivity contribution in [3.05, 3.63) is 30.5 Å². The molecule has 1 aromatic heterocycles. The number of rotatable bonds is 3. The molecule has 1 aromatic carbocycles. The third kappa shape index (κ3) is 4.13. The fourth-order valence-electron chi connectivity index (χ4n) is 2.97. The van der Waals surface area contributed by atoms with E-state index in [-0.39, 0.29) is 12.1 Å². The maximum Gasteiger partial charge on any atom is 0.410 e. The number of fused-ring (bicyclic) bond motifs is 1. The van der Waals surface area contributed by atoms with Gasteiger partial charge in [0, 0.05) is 42.5 Å². The molecular weight excluding hydrogens is 318 g/mol. The van der Waals surface area contributed by atoms with Gasteiger partial charge in [0.15, 0.2) is 0 Å². The maximum atomic E-state index is 12.2. The van der Waals surface area contributed by atoms with Crippen molar-refractivity contribution < 1.29 is 14.3 Å². The monoisotopic (exact) mass is 343 g/mol. The average Bonchev–Trinajstić information content (AvgIpc) is 3.02. The van der Waals surface area contributed by atoms with Gasteiger partial charge in [0.1, 0.15) is 11.4 Å². The molecule has 25 heavy (non-hydrogen) atoms. The molecule has 1 atom stereocenters. The predicted octanol–water partition coefficient (Wildman–Crippen LogP) is 3.66. The fraction of sp³-hybridized carbons (Fsp3) is 0.474. The Bertz CT molecular complexity index is 770. The van der Waals surface area contributed by atoms with E-state index >= 15 is 0 Å². The van der Waals surface area contributed by atoms with E-state index in [9.17, 15) is 4.79 Å². The summed E-state index contributed by atoms with van der Waals surface area (Å²) in [5.74, 6) is 0.786. The number of methoxy groups -OCH3 is 1. The van der Waals surface area contributed by atoms with Crippen molar-refractivity contribution in [2.45, 2.75) is 38.8 Å². The summed E-state index contributed by atoms with van der Waals surface area (Å²) in [6, 6.07) is 8.01. The van der Waals surface area contributed by atoms with Gasteiger partial charge in [0.2, 0.25) is 0 Å². The Kier molecular flexibility index (Phi) is 4.70. The molecule has 3 rings (SSSR count). The lowest BCUT2D eigenvalue weighted by Crippen LogP contribution is -2.36. The number of carbonyl (C=O) groups excluding carboxylic acids is 1. The molecule has 6 heteroatoms. The topological polar surface area (TPSA) is 63.7 Å². The van der Waals surface area contributed by atoms with Crippen molar-refractivity contribution in [3.8, 4) is 5.75 Å². The van der Waals surface area contributed by atoms with Gasteiger partial charge < -0.3 is 19.7 Å². The summed E-state index contributed by atoms with van der Waals surface area (Å²) in [6.45, 7) is 6.98. The van der Waals surface area contributed by atoms with Crippen molar-refractivity contribution in [1.82, 2.24) is 9.88 Å². The minimum atomic E-state index is -0.469. The van der Waals surface area contributed by atoms with Crippen LogP contribution in [0.1, 0.15) is 27.2 Å². The lowest BCUT2D eigenvalue weighted by molar-refractivity contribution is 0.0293. The van der Waals surface area contributed by atoms with E-state index in [1.807, 2.05) is 45.0 Å². The molecule has 1 unspecified atom stereocenters. The summed E-state index contributed by atoms with van der Waals surface area (Å²) < 4.78 is 10.7. The molecule has 134 valence electrons. The summed E-state index contributed by atoms with van der Waals surface area (Å²) in [4.78, 5) is 18.4. The van der Waals surface area contributed by atoms with Gasteiger partial charge in [0.25, 0.3) is 0 Å². The molecule has 0 bridgehead atoms. The van der Waals surface area contributed by atoms with E-state index < -0.39 is 5.60 Å². The average molecular weight is 343 g/mol. The van der Waals surface area contributed by atoms with E-state index in [1.165, 1.54) is 0 Å². The first kappa shape index (κ1) is 17.3. The zero-order valence-corrected chi connectivity index (χ0v) is 15.2. The van der Waals surface area contributed by atoms with Crippen molar-refractivity contribution in [3.63, 3.8) is 0 Å². The molecule has 0 spiro atoms. The van der Waals surface area contributed by atoms with Crippen molar-refractivity contribution in [2.24, 2.45) is 0 Å². The lowest BCUT2D eigenvalue weighted by atomic mass is 10.1. The third-order valence-corrected chi connectivity index (χ3v) is 4.15. The zero-order valence-electron chi connectivity index (χ0n) is 15.2. The van der Waals surface area contributed by atoms with Crippen LogP contribution in [-0.4, -0.2) is 47.8 Å². The number of ether oxygens (including phenoxy) is 2. The van der Waals surface area contributed by atoms with E-state index in [0.717, 1.165) is 28.8 Å². The van der Waals surface area contributed by atoms with Gasteiger partial charge >= 0.3 is 6.09 Å². The van der Waals surface area contributed by atoms with Gasteiger partial charge in [-0.25, -0.2) is 4.79 Å². The van der Waals surface area contributed by atoms with Crippen LogP contribution in [0, 0.1) is 0 Å². The van der Waals surface area contributed by atoms with E-state index in [0.29, 0.717) is 13.1 Å². The summed E-state index contributed by atoms with van der Waals surface area (Å²) in [7, 11) is 1.65. The van der Waals surface area contributed by atoms with Crippen LogP contribution in [0.25, 0.3) is 10.9 Å². The number of aromatic nitrogens is 1. The number of carbonyl (C=O) groups is 1. The number of nitrogens with one attached hydrogen (secondary N) is 1. The van der Waals surface area contributed by atoms with Gasteiger partial charge in [0.05, 0.1) is 12.6 Å². The standard InChI is InChI=1S/C19H25N3O3/c1-19(2,3)25-18(23)22-10-8-13(12-22)21-16-7-9-20-17-11-14(24-4)5-6-15(16)17/h5-7,9,11,13H,8,10,12H2,1-4H3,(H,20,21). The Hall–Kier alpha value is -2.50. The van der Waals surface area contributed by atoms with Crippen LogP contribution in [0.4, 0.5) is 10.5 Å². The fourth-order valence-corrected chi connectivity index (χ4v) is 2.97. The van der Waals surface area contributed by atoms with Crippen LogP contribution >= 0.6 is 0 Å². The van der Waals surface area contributed by atoms with Crippen LogP contribution in [0.3, 0.4) is 0 Å². The second-order valence-corrected chi connectivity index (χ2v) is 7.30. The van der Waals surface area contributed by atoms with Gasteiger partial charge in [-0.3, -0.25) is 4.98 Å². The molecule has 1 amide bonds. The number of pyridine rings is 1. The Morgan fingerprint density at radius 2 is 2.12 bits per heavy atom. The van der Waals surface area contributed by atoms with Gasteiger partial charge in [-0.15, -0.1) is 0 Å². The van der Waals surface area contributed by atoms with Gasteiger partial charge in [-0.1, -0.05) is 0 Å². The Labute approximate surface area is 148 Å². The summed E-state index contributed by atoms with van der Waals surface area (Å²) in [5, 5.41) is 4.58. The van der Waals surface area contributed by atoms with Crippen LogP contribution in [0.2, 0.25) is 0 Å². The second-order valence-electron chi connectivity index (χ2n) is 7.30. The molecule has 0 saturated carbocycles. The molecule has 1 saturated heterocycles. The van der Waals surface area contributed by atoms with E-state index in [1.54, 1.807) is 18.2 Å². The highest BCUT2D eigenvalue weighted by atomic mass is 16.6. The largest absolute Gasteiger partial charge is 0.497 e. The third-order valence-electron chi connectivity index (χ3n) is 4.15. The Morgan fingerprint density at radius 1 is 1.32 bits per heavy atom. The number of amides is 1. The minimum absolute atomic E-state index is 0.195. The summed E-state index contributed by atoms with van der Waals surface area (Å²) in [5.41, 5.74) is 1.43. The number of anilines is 1. The molecule has 6 nitrogen and oxygen atoms in total. The molecule has 1 aliphatic rings. The van der Waals surface area contributed by atoms with Crippen LogP contribution in [0.15, 0.2) is 30.5 Å². The Balaban J connectivity index is 1.69. The smallest absolute Gasteiger partial charge is 0.410 e. The SMILES string of the molecule is COc1ccc2c(NC3CCN(C(=O)OC(C)(C)C)C3)ccnc2c1. The number of benzene rings is 1. The minimum Gasteiger partial charge on any atom is -0.497 e. The molecular formula is C19H25N3O3. The quantitative estimate of drug-likeness (QED) is 0.921. The summed E-state index contributed by atoms with van der Waals surface area (Å²) >= 11 is 0. The molecule has 1 fully saturated rings. The first-order chi connectivity index (χ1) is 11.9. The number of hydrogen-bond acceptors (Lipinski definition) is 5. The van der Waals surface area contributed by atoms with Gasteiger partial charge in [-0.2, -0.15) is 0 Å². The van der Waals surface area contributed by atoms with Crippen molar-refractivity contribution >= 4 is 22.7 Å². The number of nitrogens with zero attached hydrogens (tertiary/aromatic N) is 2. The van der Waals surface area contributed by atoms with Crippen LogP contribution < -0.4 is 10.1 Å². The number of hydrogen-bond donors (Lipinski definition) is 1.